The van der Waals surface area contributed by atoms with Crippen molar-refractivity contribution in [2.75, 3.05) is 6.54 Å². The van der Waals surface area contributed by atoms with Crippen molar-refractivity contribution in [2.24, 2.45) is 0 Å². The van der Waals surface area contributed by atoms with Gasteiger partial charge in [-0.25, -0.2) is 4.98 Å². The van der Waals surface area contributed by atoms with Crippen LogP contribution >= 0.6 is 11.3 Å². The average Bonchev–Trinajstić information content (AvgIpc) is 3.08. The maximum atomic E-state index is 4.04. The minimum atomic E-state index is 0.952. The maximum absolute atomic E-state index is 4.04. The Balaban J connectivity index is 1.47. The second-order valence-electron chi connectivity index (χ2n) is 4.59. The molecule has 0 radical (unpaired) electrons. The lowest BCUT2D eigenvalue weighted by Crippen LogP contribution is -2.16. The molecule has 0 aliphatic rings. The van der Waals surface area contributed by atoms with Crippen LogP contribution in [0.1, 0.15) is 12.0 Å². The molecule has 1 aromatic carbocycles. The first-order valence-electron chi connectivity index (χ1n) is 6.55. The summed E-state index contributed by atoms with van der Waals surface area (Å²) >= 11 is 1.82. The summed E-state index contributed by atoms with van der Waals surface area (Å²) in [5.41, 5.74) is 1.41. The summed E-state index contributed by atoms with van der Waals surface area (Å²) in [5.74, 6) is 0. The highest BCUT2D eigenvalue weighted by molar-refractivity contribution is 7.17. The number of imidazole rings is 1. The fourth-order valence-corrected chi connectivity index (χ4v) is 3.16. The summed E-state index contributed by atoms with van der Waals surface area (Å²) in [6, 6.07) is 8.59. The zero-order valence-electron chi connectivity index (χ0n) is 10.7. The van der Waals surface area contributed by atoms with E-state index in [2.05, 4.69) is 44.5 Å². The fourth-order valence-electron chi connectivity index (χ4n) is 2.20. The van der Waals surface area contributed by atoms with Crippen LogP contribution in [0.2, 0.25) is 0 Å². The molecule has 1 N–H and O–H groups in total. The number of fused-ring (bicyclic) bond motifs is 1. The van der Waals surface area contributed by atoms with E-state index in [-0.39, 0.29) is 0 Å². The second kappa shape index (κ2) is 5.99. The average molecular weight is 271 g/mol. The third-order valence-electron chi connectivity index (χ3n) is 3.21. The number of rotatable bonds is 6. The lowest BCUT2D eigenvalue weighted by Gasteiger charge is -2.05. The summed E-state index contributed by atoms with van der Waals surface area (Å²) in [6.45, 7) is 3.01. The summed E-state index contributed by atoms with van der Waals surface area (Å²) in [4.78, 5) is 4.04. The van der Waals surface area contributed by atoms with Gasteiger partial charge in [0.15, 0.2) is 0 Å². The number of thiophene rings is 1. The minimum absolute atomic E-state index is 0.952. The molecule has 0 aliphatic heterocycles. The zero-order chi connectivity index (χ0) is 12.9. The molecule has 3 rings (SSSR count). The van der Waals surface area contributed by atoms with Crippen LogP contribution in [0, 0.1) is 0 Å². The first kappa shape index (κ1) is 12.4. The number of aromatic nitrogens is 2. The van der Waals surface area contributed by atoms with Crippen LogP contribution in [0.5, 0.6) is 0 Å². The van der Waals surface area contributed by atoms with E-state index >= 15 is 0 Å². The van der Waals surface area contributed by atoms with Gasteiger partial charge in [-0.1, -0.05) is 18.2 Å². The minimum Gasteiger partial charge on any atom is -0.337 e. The van der Waals surface area contributed by atoms with Gasteiger partial charge in [-0.15, -0.1) is 11.3 Å². The third-order valence-corrected chi connectivity index (χ3v) is 4.22. The van der Waals surface area contributed by atoms with Gasteiger partial charge in [0.2, 0.25) is 0 Å². The number of hydrogen-bond acceptors (Lipinski definition) is 3. The van der Waals surface area contributed by atoms with Crippen molar-refractivity contribution < 1.29 is 0 Å². The zero-order valence-corrected chi connectivity index (χ0v) is 11.6. The van der Waals surface area contributed by atoms with Crippen LogP contribution in [-0.4, -0.2) is 16.1 Å². The predicted octanol–water partition coefficient (Wildman–Crippen LogP) is 3.28. The smallest absolute Gasteiger partial charge is 0.0945 e. The Morgan fingerprint density at radius 2 is 2.21 bits per heavy atom. The molecule has 4 heteroatoms. The fraction of sp³-hybridized carbons (Fsp3) is 0.267. The van der Waals surface area contributed by atoms with Crippen LogP contribution in [0.15, 0.2) is 48.4 Å². The Kier molecular flexibility index (Phi) is 3.91. The summed E-state index contributed by atoms with van der Waals surface area (Å²) in [7, 11) is 0. The van der Waals surface area contributed by atoms with Crippen LogP contribution in [0.3, 0.4) is 0 Å². The lowest BCUT2D eigenvalue weighted by atomic mass is 10.2. The Hall–Kier alpha value is -1.65. The van der Waals surface area contributed by atoms with E-state index in [4.69, 9.17) is 0 Å². The molecule has 0 fully saturated rings. The summed E-state index contributed by atoms with van der Waals surface area (Å²) < 4.78 is 3.49. The highest BCUT2D eigenvalue weighted by Crippen LogP contribution is 2.25. The van der Waals surface area contributed by atoms with Crippen LogP contribution < -0.4 is 5.32 Å². The molecule has 0 aliphatic carbocycles. The van der Waals surface area contributed by atoms with Gasteiger partial charge in [-0.2, -0.15) is 0 Å². The van der Waals surface area contributed by atoms with Gasteiger partial charge in [0, 0.05) is 30.2 Å². The molecule has 0 unspecified atom stereocenters. The van der Waals surface area contributed by atoms with E-state index in [0.29, 0.717) is 0 Å². The van der Waals surface area contributed by atoms with Gasteiger partial charge in [0.25, 0.3) is 0 Å². The lowest BCUT2D eigenvalue weighted by molar-refractivity contribution is 0.582. The second-order valence-corrected chi connectivity index (χ2v) is 5.50. The van der Waals surface area contributed by atoms with Crippen molar-refractivity contribution in [3.05, 3.63) is 53.9 Å². The number of aryl methyl sites for hydroxylation is 1. The number of nitrogens with one attached hydrogen (secondary N) is 1. The Morgan fingerprint density at radius 3 is 3.11 bits per heavy atom. The van der Waals surface area contributed by atoms with E-state index < -0.39 is 0 Å². The molecule has 19 heavy (non-hydrogen) atoms. The Labute approximate surface area is 116 Å². The highest BCUT2D eigenvalue weighted by Gasteiger charge is 2.02. The van der Waals surface area contributed by atoms with Gasteiger partial charge in [0.05, 0.1) is 6.33 Å². The molecule has 98 valence electrons. The Bertz CT molecular complexity index is 628. The Morgan fingerprint density at radius 1 is 1.26 bits per heavy atom. The predicted molar refractivity (Wildman–Crippen MR) is 80.4 cm³/mol. The van der Waals surface area contributed by atoms with Crippen molar-refractivity contribution in [3.63, 3.8) is 0 Å². The van der Waals surface area contributed by atoms with E-state index in [0.717, 1.165) is 26.1 Å². The first-order chi connectivity index (χ1) is 9.43. The quantitative estimate of drug-likeness (QED) is 0.697. The van der Waals surface area contributed by atoms with Crippen molar-refractivity contribution in [2.45, 2.75) is 19.5 Å². The standard InChI is InChI=1S/C15H17N3S/c1-2-5-15-14(4-1)13(11-19-15)10-16-6-3-8-18-9-7-17-12-18/h1-2,4-5,7,9,11-12,16H,3,6,8,10H2. The molecule has 3 aromatic rings. The first-order valence-corrected chi connectivity index (χ1v) is 7.43. The third kappa shape index (κ3) is 3.03. The number of benzene rings is 1. The molecular weight excluding hydrogens is 254 g/mol. The van der Waals surface area contributed by atoms with E-state index in [9.17, 15) is 0 Å². The van der Waals surface area contributed by atoms with Gasteiger partial charge in [-0.05, 0) is 35.4 Å². The molecule has 0 spiro atoms. The molecule has 0 bridgehead atoms. The van der Waals surface area contributed by atoms with Crippen molar-refractivity contribution >= 4 is 21.4 Å². The van der Waals surface area contributed by atoms with E-state index in [1.54, 1.807) is 0 Å². The summed E-state index contributed by atoms with van der Waals surface area (Å²) in [6.07, 6.45) is 6.82. The molecule has 3 nitrogen and oxygen atoms in total. The van der Waals surface area contributed by atoms with E-state index in [1.165, 1.54) is 15.6 Å². The molecule has 2 heterocycles. The topological polar surface area (TPSA) is 29.9 Å². The van der Waals surface area contributed by atoms with Gasteiger partial charge >= 0.3 is 0 Å². The monoisotopic (exact) mass is 271 g/mol. The largest absolute Gasteiger partial charge is 0.337 e. The molecule has 0 saturated heterocycles. The highest BCUT2D eigenvalue weighted by atomic mass is 32.1. The van der Waals surface area contributed by atoms with Crippen molar-refractivity contribution in [3.8, 4) is 0 Å². The molecule has 2 aromatic heterocycles. The van der Waals surface area contributed by atoms with Crippen molar-refractivity contribution in [1.29, 1.82) is 0 Å². The number of nitrogens with zero attached hydrogens (tertiary/aromatic N) is 2. The maximum Gasteiger partial charge on any atom is 0.0945 e. The van der Waals surface area contributed by atoms with Crippen molar-refractivity contribution in [1.82, 2.24) is 14.9 Å². The molecular formula is C15H17N3S. The van der Waals surface area contributed by atoms with Gasteiger partial charge in [-0.3, -0.25) is 0 Å². The van der Waals surface area contributed by atoms with Crippen LogP contribution in [-0.2, 0) is 13.1 Å². The van der Waals surface area contributed by atoms with E-state index in [1.807, 2.05) is 30.1 Å². The molecule has 0 saturated carbocycles. The number of hydrogen-bond donors (Lipinski definition) is 1. The van der Waals surface area contributed by atoms with Gasteiger partial charge < -0.3 is 9.88 Å². The summed E-state index contributed by atoms with van der Waals surface area (Å²) in [5, 5.41) is 7.16. The SMILES string of the molecule is c1ccc2c(CNCCCn3ccnc3)csc2c1. The van der Waals surface area contributed by atoms with Crippen LogP contribution in [0.4, 0.5) is 0 Å². The molecule has 0 amide bonds. The van der Waals surface area contributed by atoms with Gasteiger partial charge in [0.1, 0.15) is 0 Å². The van der Waals surface area contributed by atoms with Crippen LogP contribution in [0.25, 0.3) is 10.1 Å². The molecule has 0 atom stereocenters. The normalized spacial score (nSPS) is 11.2.